The van der Waals surface area contributed by atoms with Crippen LogP contribution >= 0.6 is 27.5 Å². The molecule has 2 nitrogen and oxygen atoms in total. The second kappa shape index (κ2) is 7.77. The SMILES string of the molecule is CCCNC(Cc1ccccn1)c1ccc(Br)c(Cl)c1. The Morgan fingerprint density at radius 1 is 1.30 bits per heavy atom. The van der Waals surface area contributed by atoms with Crippen molar-refractivity contribution in [3.05, 3.63) is 63.3 Å². The summed E-state index contributed by atoms with van der Waals surface area (Å²) in [5.41, 5.74) is 2.28. The van der Waals surface area contributed by atoms with Crippen LogP contribution in [-0.2, 0) is 6.42 Å². The van der Waals surface area contributed by atoms with Gasteiger partial charge in [0.1, 0.15) is 0 Å². The summed E-state index contributed by atoms with van der Waals surface area (Å²) in [6.07, 6.45) is 3.79. The number of nitrogens with zero attached hydrogens (tertiary/aromatic N) is 1. The van der Waals surface area contributed by atoms with Gasteiger partial charge in [0.05, 0.1) is 5.02 Å². The van der Waals surface area contributed by atoms with E-state index in [9.17, 15) is 0 Å². The summed E-state index contributed by atoms with van der Waals surface area (Å²) >= 11 is 9.64. The lowest BCUT2D eigenvalue weighted by Gasteiger charge is -2.19. The third kappa shape index (κ3) is 4.30. The van der Waals surface area contributed by atoms with Crippen molar-refractivity contribution in [3.8, 4) is 0 Å². The van der Waals surface area contributed by atoms with E-state index in [2.05, 4.69) is 45.3 Å². The minimum Gasteiger partial charge on any atom is -0.310 e. The van der Waals surface area contributed by atoms with E-state index in [0.717, 1.165) is 34.6 Å². The summed E-state index contributed by atoms with van der Waals surface area (Å²) in [4.78, 5) is 4.41. The number of benzene rings is 1. The second-order valence-electron chi connectivity index (χ2n) is 4.71. The predicted octanol–water partition coefficient (Wildman–Crippen LogP) is 4.78. The van der Waals surface area contributed by atoms with E-state index in [1.807, 2.05) is 30.5 Å². The monoisotopic (exact) mass is 352 g/mol. The Hall–Kier alpha value is -0.900. The zero-order chi connectivity index (χ0) is 14.4. The molecule has 1 unspecified atom stereocenters. The molecule has 0 amide bonds. The van der Waals surface area contributed by atoms with Gasteiger partial charge in [-0.1, -0.05) is 30.7 Å². The van der Waals surface area contributed by atoms with Gasteiger partial charge in [0.25, 0.3) is 0 Å². The molecule has 0 fully saturated rings. The predicted molar refractivity (Wildman–Crippen MR) is 88.1 cm³/mol. The normalized spacial score (nSPS) is 12.3. The van der Waals surface area contributed by atoms with Crippen molar-refractivity contribution < 1.29 is 0 Å². The lowest BCUT2D eigenvalue weighted by atomic mass is 10.0. The van der Waals surface area contributed by atoms with Gasteiger partial charge in [0.15, 0.2) is 0 Å². The first kappa shape index (κ1) is 15.5. The van der Waals surface area contributed by atoms with Crippen LogP contribution in [0.4, 0.5) is 0 Å². The summed E-state index contributed by atoms with van der Waals surface area (Å²) in [5.74, 6) is 0. The van der Waals surface area contributed by atoms with Crippen LogP contribution in [0.2, 0.25) is 5.02 Å². The van der Waals surface area contributed by atoms with E-state index in [1.165, 1.54) is 5.56 Å². The molecule has 2 aromatic rings. The van der Waals surface area contributed by atoms with Crippen molar-refractivity contribution in [1.29, 1.82) is 0 Å². The number of aromatic nitrogens is 1. The van der Waals surface area contributed by atoms with Gasteiger partial charge in [-0.2, -0.15) is 0 Å². The standard InChI is InChI=1S/C16H18BrClN2/c1-2-8-20-16(11-13-5-3-4-9-19-13)12-6-7-14(17)15(18)10-12/h3-7,9-10,16,20H,2,8,11H2,1H3. The molecule has 0 saturated heterocycles. The molecule has 1 N–H and O–H groups in total. The van der Waals surface area contributed by atoms with Crippen LogP contribution in [0.3, 0.4) is 0 Å². The van der Waals surface area contributed by atoms with Crippen molar-refractivity contribution in [1.82, 2.24) is 10.3 Å². The van der Waals surface area contributed by atoms with Crippen molar-refractivity contribution in [3.63, 3.8) is 0 Å². The molecular weight excluding hydrogens is 336 g/mol. The number of hydrogen-bond donors (Lipinski definition) is 1. The van der Waals surface area contributed by atoms with Gasteiger partial charge in [-0.15, -0.1) is 0 Å². The van der Waals surface area contributed by atoms with E-state index in [4.69, 9.17) is 11.6 Å². The van der Waals surface area contributed by atoms with Crippen LogP contribution in [0.25, 0.3) is 0 Å². The van der Waals surface area contributed by atoms with Gasteiger partial charge in [-0.25, -0.2) is 0 Å². The Kier molecular flexibility index (Phi) is 6.02. The second-order valence-corrected chi connectivity index (χ2v) is 5.97. The summed E-state index contributed by atoms with van der Waals surface area (Å²) < 4.78 is 0.926. The molecule has 1 atom stereocenters. The van der Waals surface area contributed by atoms with Gasteiger partial charge in [0.2, 0.25) is 0 Å². The van der Waals surface area contributed by atoms with E-state index >= 15 is 0 Å². The highest BCUT2D eigenvalue weighted by molar-refractivity contribution is 9.10. The van der Waals surface area contributed by atoms with Crippen molar-refractivity contribution in [2.45, 2.75) is 25.8 Å². The molecule has 0 bridgehead atoms. The fourth-order valence-corrected chi connectivity index (χ4v) is 2.52. The first-order chi connectivity index (χ1) is 9.70. The average Bonchev–Trinajstić information content (AvgIpc) is 2.47. The third-order valence-corrected chi connectivity index (χ3v) is 4.36. The van der Waals surface area contributed by atoms with Crippen LogP contribution < -0.4 is 5.32 Å². The summed E-state index contributed by atoms with van der Waals surface area (Å²) in [7, 11) is 0. The molecule has 0 spiro atoms. The molecule has 4 heteroatoms. The smallest absolute Gasteiger partial charge is 0.0551 e. The lowest BCUT2D eigenvalue weighted by Crippen LogP contribution is -2.24. The molecule has 0 radical (unpaired) electrons. The Labute approximate surface area is 133 Å². The molecule has 1 heterocycles. The Balaban J connectivity index is 2.20. The van der Waals surface area contributed by atoms with Crippen LogP contribution in [0.15, 0.2) is 47.1 Å². The zero-order valence-corrected chi connectivity index (χ0v) is 13.8. The molecule has 2 rings (SSSR count). The van der Waals surface area contributed by atoms with Crippen molar-refractivity contribution in [2.75, 3.05) is 6.54 Å². The minimum atomic E-state index is 0.232. The quantitative estimate of drug-likeness (QED) is 0.808. The van der Waals surface area contributed by atoms with E-state index in [1.54, 1.807) is 0 Å². The Bertz CT molecular complexity index is 545. The molecule has 1 aromatic carbocycles. The van der Waals surface area contributed by atoms with Gasteiger partial charge in [-0.05, 0) is 58.7 Å². The topological polar surface area (TPSA) is 24.9 Å². The molecule has 20 heavy (non-hydrogen) atoms. The molecule has 0 aliphatic carbocycles. The van der Waals surface area contributed by atoms with Crippen LogP contribution in [0.5, 0.6) is 0 Å². The molecule has 0 aliphatic rings. The number of nitrogens with one attached hydrogen (secondary N) is 1. The van der Waals surface area contributed by atoms with Crippen LogP contribution in [0.1, 0.15) is 30.6 Å². The van der Waals surface area contributed by atoms with E-state index in [-0.39, 0.29) is 6.04 Å². The number of rotatable bonds is 6. The Morgan fingerprint density at radius 2 is 2.15 bits per heavy atom. The zero-order valence-electron chi connectivity index (χ0n) is 11.4. The van der Waals surface area contributed by atoms with Crippen molar-refractivity contribution in [2.24, 2.45) is 0 Å². The van der Waals surface area contributed by atoms with E-state index < -0.39 is 0 Å². The molecular formula is C16H18BrClN2. The maximum Gasteiger partial charge on any atom is 0.0551 e. The molecule has 1 aromatic heterocycles. The molecule has 0 saturated carbocycles. The largest absolute Gasteiger partial charge is 0.310 e. The summed E-state index contributed by atoms with van der Waals surface area (Å²) in [6, 6.07) is 12.4. The maximum atomic E-state index is 6.20. The van der Waals surface area contributed by atoms with Gasteiger partial charge >= 0.3 is 0 Å². The fraction of sp³-hybridized carbons (Fsp3) is 0.312. The first-order valence-electron chi connectivity index (χ1n) is 6.79. The molecule has 0 aliphatic heterocycles. The highest BCUT2D eigenvalue weighted by Crippen LogP contribution is 2.27. The first-order valence-corrected chi connectivity index (χ1v) is 7.96. The van der Waals surface area contributed by atoms with Crippen LogP contribution in [0, 0.1) is 0 Å². The third-order valence-electron chi connectivity index (χ3n) is 3.13. The maximum absolute atomic E-state index is 6.20. The number of hydrogen-bond acceptors (Lipinski definition) is 2. The van der Waals surface area contributed by atoms with Crippen LogP contribution in [-0.4, -0.2) is 11.5 Å². The van der Waals surface area contributed by atoms with Gasteiger partial charge < -0.3 is 5.32 Å². The molecule has 106 valence electrons. The average molecular weight is 354 g/mol. The van der Waals surface area contributed by atoms with Gasteiger partial charge in [-0.3, -0.25) is 4.98 Å². The highest BCUT2D eigenvalue weighted by atomic mass is 79.9. The fourth-order valence-electron chi connectivity index (χ4n) is 2.08. The number of pyridine rings is 1. The van der Waals surface area contributed by atoms with Crippen molar-refractivity contribution >= 4 is 27.5 Å². The van der Waals surface area contributed by atoms with Gasteiger partial charge in [0, 0.05) is 28.8 Å². The summed E-state index contributed by atoms with van der Waals surface area (Å²) in [5, 5.41) is 4.31. The van der Waals surface area contributed by atoms with E-state index in [0.29, 0.717) is 0 Å². The number of halogens is 2. The summed E-state index contributed by atoms with van der Waals surface area (Å²) in [6.45, 7) is 3.14. The minimum absolute atomic E-state index is 0.232. The lowest BCUT2D eigenvalue weighted by molar-refractivity contribution is 0.524. The highest BCUT2D eigenvalue weighted by Gasteiger charge is 2.13. The Morgan fingerprint density at radius 3 is 2.80 bits per heavy atom.